The highest BCUT2D eigenvalue weighted by Crippen LogP contribution is 2.02. The lowest BCUT2D eigenvalue weighted by Crippen LogP contribution is -1.56. The van der Waals surface area contributed by atoms with Crippen LogP contribution in [0, 0.1) is 0 Å². The molecule has 0 aromatic heterocycles. The summed E-state index contributed by atoms with van der Waals surface area (Å²) in [6, 6.07) is 8.71. The van der Waals surface area contributed by atoms with Crippen molar-refractivity contribution in [3.8, 4) is 5.75 Å². The second kappa shape index (κ2) is 5.90. The lowest BCUT2D eigenvalue weighted by molar-refractivity contribution is 0.475. The van der Waals surface area contributed by atoms with Gasteiger partial charge >= 0.3 is 0 Å². The third-order valence-electron chi connectivity index (χ3n) is 0.756. The van der Waals surface area contributed by atoms with Crippen LogP contribution in [0.3, 0.4) is 0 Å². The number of rotatable bonds is 0. The van der Waals surface area contributed by atoms with Crippen LogP contribution in [0.15, 0.2) is 30.3 Å². The molecule has 9 heavy (non-hydrogen) atoms. The van der Waals surface area contributed by atoms with Gasteiger partial charge < -0.3 is 5.11 Å². The summed E-state index contributed by atoms with van der Waals surface area (Å²) in [6.07, 6.45) is 0. The Hall–Kier alpha value is -0.231. The molecule has 0 atom stereocenters. The molecule has 0 radical (unpaired) electrons. The zero-order chi connectivity index (χ0) is 5.11. The fraction of sp³-hybridized carbons (Fsp3) is 0. The number of hydrogen-bond acceptors (Lipinski definition) is 1. The average Bonchev–Trinajstić information content (AvgIpc) is 1.69. The fourth-order valence-electron chi connectivity index (χ4n) is 0.428. The summed E-state index contributed by atoms with van der Waals surface area (Å²) in [5.41, 5.74) is 0. The van der Waals surface area contributed by atoms with Crippen LogP contribution < -0.4 is 0 Å². The Morgan fingerprint density at radius 2 is 1.44 bits per heavy atom. The molecule has 1 rings (SSSR count). The van der Waals surface area contributed by atoms with Gasteiger partial charge in [-0.1, -0.05) is 18.2 Å². The molecule has 1 nitrogen and oxygen atoms in total. The maximum absolute atomic E-state index is 8.63. The van der Waals surface area contributed by atoms with Crippen molar-refractivity contribution in [2.75, 3.05) is 0 Å². The lowest BCUT2D eigenvalue weighted by Gasteiger charge is -1.82. The van der Waals surface area contributed by atoms with Gasteiger partial charge in [0.15, 0.2) is 17.4 Å². The standard InChI is InChI=1S/C6H6O.Al.H4Si.3H/c7-6-4-2-1-3-5-6;;;;;/h1-5,7H;;1H4;;;. The molecular weight excluding hydrogens is 143 g/mol. The number of benzene rings is 1. The molecule has 3 heteroatoms. The molecule has 0 amide bonds. The van der Waals surface area contributed by atoms with Crippen LogP contribution in [0.25, 0.3) is 0 Å². The molecule has 1 aromatic carbocycles. The van der Waals surface area contributed by atoms with E-state index in [9.17, 15) is 0 Å². The highest BCUT2D eigenvalue weighted by atomic mass is 28.1. The Balaban J connectivity index is 0. The van der Waals surface area contributed by atoms with Crippen LogP contribution in [-0.4, -0.2) is 33.4 Å². The predicted molar refractivity (Wildman–Crippen MR) is 49.4 cm³/mol. The second-order valence-electron chi connectivity index (χ2n) is 1.34. The average molecular weight is 156 g/mol. The molecular formula is C6H13AlOSi. The highest BCUT2D eigenvalue weighted by Gasteiger charge is 1.74. The molecule has 0 fully saturated rings. The Labute approximate surface area is 69.9 Å². The molecule has 1 N–H and O–H groups in total. The molecule has 50 valence electrons. The quantitative estimate of drug-likeness (QED) is 0.466. The van der Waals surface area contributed by atoms with Gasteiger partial charge in [-0.05, 0) is 23.1 Å². The maximum Gasteiger partial charge on any atom is 0.187 e. The van der Waals surface area contributed by atoms with Crippen LogP contribution in [-0.2, 0) is 0 Å². The Bertz CT molecular complexity index is 143. The van der Waals surface area contributed by atoms with Gasteiger partial charge in [0.25, 0.3) is 0 Å². The van der Waals surface area contributed by atoms with E-state index in [1.165, 1.54) is 0 Å². The van der Waals surface area contributed by atoms with Crippen LogP contribution in [0.5, 0.6) is 5.75 Å². The number of para-hydroxylation sites is 1. The third-order valence-corrected chi connectivity index (χ3v) is 0.756. The molecule has 0 saturated carbocycles. The number of phenolic OH excluding ortho intramolecular Hbond substituents is 1. The molecule has 0 bridgehead atoms. The summed E-state index contributed by atoms with van der Waals surface area (Å²) in [5, 5.41) is 8.63. The SMILES string of the molecule is Oc1ccccc1.[AlH3].[SiH4]. The normalized spacial score (nSPS) is 6.67. The van der Waals surface area contributed by atoms with Crippen molar-refractivity contribution in [3.63, 3.8) is 0 Å². The fourth-order valence-corrected chi connectivity index (χ4v) is 0.428. The molecule has 1 aromatic rings. The van der Waals surface area contributed by atoms with E-state index in [0.29, 0.717) is 5.75 Å². The minimum atomic E-state index is 0. The van der Waals surface area contributed by atoms with E-state index >= 15 is 0 Å². The molecule has 0 heterocycles. The first-order valence-electron chi connectivity index (χ1n) is 2.13. The van der Waals surface area contributed by atoms with E-state index in [0.717, 1.165) is 0 Å². The molecule has 0 aliphatic rings. The van der Waals surface area contributed by atoms with Crippen molar-refractivity contribution in [3.05, 3.63) is 30.3 Å². The first kappa shape index (κ1) is 11.6. The first-order valence-corrected chi connectivity index (χ1v) is 2.13. The smallest absolute Gasteiger partial charge is 0.187 e. The van der Waals surface area contributed by atoms with Crippen molar-refractivity contribution < 1.29 is 5.11 Å². The van der Waals surface area contributed by atoms with E-state index in [2.05, 4.69) is 0 Å². The first-order chi connectivity index (χ1) is 3.39. The summed E-state index contributed by atoms with van der Waals surface area (Å²) in [6.45, 7) is 0. The van der Waals surface area contributed by atoms with E-state index < -0.39 is 0 Å². The summed E-state index contributed by atoms with van der Waals surface area (Å²) < 4.78 is 0. The Morgan fingerprint density at radius 3 is 1.67 bits per heavy atom. The van der Waals surface area contributed by atoms with Gasteiger partial charge in [-0.25, -0.2) is 0 Å². The van der Waals surface area contributed by atoms with E-state index in [1.54, 1.807) is 24.3 Å². The van der Waals surface area contributed by atoms with E-state index in [-0.39, 0.29) is 28.3 Å². The van der Waals surface area contributed by atoms with Gasteiger partial charge in [-0.15, -0.1) is 0 Å². The van der Waals surface area contributed by atoms with E-state index in [4.69, 9.17) is 5.11 Å². The number of hydrogen-bond donors (Lipinski definition) is 1. The van der Waals surface area contributed by atoms with Crippen LogP contribution >= 0.6 is 0 Å². The van der Waals surface area contributed by atoms with Crippen molar-refractivity contribution in [1.29, 1.82) is 0 Å². The Morgan fingerprint density at radius 1 is 1.00 bits per heavy atom. The number of aromatic hydroxyl groups is 1. The summed E-state index contributed by atoms with van der Waals surface area (Å²) in [7, 11) is 0. The van der Waals surface area contributed by atoms with Crippen LogP contribution in [0.4, 0.5) is 0 Å². The van der Waals surface area contributed by atoms with Gasteiger partial charge in [-0.2, -0.15) is 0 Å². The largest absolute Gasteiger partial charge is 0.508 e. The zero-order valence-corrected chi connectivity index (χ0v) is 3.83. The molecule has 0 aliphatic carbocycles. The highest BCUT2D eigenvalue weighted by molar-refractivity contribution is 5.76. The van der Waals surface area contributed by atoms with Crippen LogP contribution in [0.1, 0.15) is 0 Å². The van der Waals surface area contributed by atoms with Crippen LogP contribution in [0.2, 0.25) is 0 Å². The molecule has 0 saturated heterocycles. The van der Waals surface area contributed by atoms with Gasteiger partial charge in [0.1, 0.15) is 5.75 Å². The third kappa shape index (κ3) is 4.28. The maximum atomic E-state index is 8.63. The minimum absolute atomic E-state index is 0. The Kier molecular flexibility index (Phi) is 7.57. The topological polar surface area (TPSA) is 20.2 Å². The van der Waals surface area contributed by atoms with Crippen molar-refractivity contribution in [2.24, 2.45) is 0 Å². The molecule has 0 spiro atoms. The van der Waals surface area contributed by atoms with Crippen molar-refractivity contribution in [2.45, 2.75) is 0 Å². The summed E-state index contributed by atoms with van der Waals surface area (Å²) in [5.74, 6) is 0.322. The summed E-state index contributed by atoms with van der Waals surface area (Å²) in [4.78, 5) is 0. The lowest BCUT2D eigenvalue weighted by atomic mass is 10.3. The van der Waals surface area contributed by atoms with Gasteiger partial charge in [0, 0.05) is 0 Å². The summed E-state index contributed by atoms with van der Waals surface area (Å²) >= 11 is 0. The van der Waals surface area contributed by atoms with Gasteiger partial charge in [0.05, 0.1) is 0 Å². The zero-order valence-electron chi connectivity index (χ0n) is 3.83. The molecule has 0 unspecified atom stereocenters. The number of phenols is 1. The van der Waals surface area contributed by atoms with E-state index in [1.807, 2.05) is 6.07 Å². The van der Waals surface area contributed by atoms with Crippen molar-refractivity contribution in [1.82, 2.24) is 0 Å². The second-order valence-corrected chi connectivity index (χ2v) is 1.34. The predicted octanol–water partition coefficient (Wildman–Crippen LogP) is -1.24. The van der Waals surface area contributed by atoms with Gasteiger partial charge in [-0.3, -0.25) is 0 Å². The monoisotopic (exact) mass is 156 g/mol. The minimum Gasteiger partial charge on any atom is -0.508 e. The van der Waals surface area contributed by atoms with Gasteiger partial charge in [0.2, 0.25) is 0 Å². The van der Waals surface area contributed by atoms with Crippen molar-refractivity contribution >= 4 is 28.3 Å². The molecule has 0 aliphatic heterocycles.